The molecule has 0 aliphatic heterocycles. The standard InChI is InChI=1S/C12H14O6S/c1-2-3-4-19(17,18)10-6-8(11(13)14)5-9(7-10)12(15)16/h5-7H,2-4H2,1H3,(H,13,14)(H,15,16). The molecule has 0 amide bonds. The van der Waals surface area contributed by atoms with Crippen LogP contribution < -0.4 is 0 Å². The van der Waals surface area contributed by atoms with Crippen molar-refractivity contribution in [1.82, 2.24) is 0 Å². The summed E-state index contributed by atoms with van der Waals surface area (Å²) >= 11 is 0. The predicted octanol–water partition coefficient (Wildman–Crippen LogP) is 1.66. The lowest BCUT2D eigenvalue weighted by Crippen LogP contribution is -2.11. The molecule has 0 fully saturated rings. The third kappa shape index (κ3) is 3.78. The molecule has 2 N–H and O–H groups in total. The van der Waals surface area contributed by atoms with E-state index >= 15 is 0 Å². The lowest BCUT2D eigenvalue weighted by molar-refractivity contribution is 0.0696. The minimum absolute atomic E-state index is 0.133. The van der Waals surface area contributed by atoms with Crippen molar-refractivity contribution in [1.29, 1.82) is 0 Å². The number of benzene rings is 1. The van der Waals surface area contributed by atoms with E-state index in [0.717, 1.165) is 18.2 Å². The molecule has 7 heteroatoms. The Hall–Kier alpha value is -1.89. The molecule has 0 bridgehead atoms. The van der Waals surface area contributed by atoms with Gasteiger partial charge in [-0.25, -0.2) is 18.0 Å². The molecular formula is C12H14O6S. The maximum absolute atomic E-state index is 12.0. The Kier molecular flexibility index (Phi) is 4.66. The van der Waals surface area contributed by atoms with Crippen LogP contribution in [0.2, 0.25) is 0 Å². The number of unbranched alkanes of at least 4 members (excludes halogenated alkanes) is 1. The lowest BCUT2D eigenvalue weighted by atomic mass is 10.1. The second kappa shape index (κ2) is 5.83. The van der Waals surface area contributed by atoms with Crippen molar-refractivity contribution >= 4 is 21.8 Å². The quantitative estimate of drug-likeness (QED) is 0.823. The summed E-state index contributed by atoms with van der Waals surface area (Å²) in [5, 5.41) is 17.7. The summed E-state index contributed by atoms with van der Waals surface area (Å²) in [6, 6.07) is 2.91. The monoisotopic (exact) mass is 286 g/mol. The van der Waals surface area contributed by atoms with E-state index < -0.39 is 21.8 Å². The van der Waals surface area contributed by atoms with E-state index in [0.29, 0.717) is 12.8 Å². The molecule has 1 aromatic rings. The Morgan fingerprint density at radius 3 is 1.89 bits per heavy atom. The summed E-state index contributed by atoms with van der Waals surface area (Å²) in [5.74, 6) is -2.86. The van der Waals surface area contributed by atoms with Gasteiger partial charge in [0.15, 0.2) is 9.84 Å². The molecule has 0 heterocycles. The summed E-state index contributed by atoms with van der Waals surface area (Å²) in [5.41, 5.74) is -0.704. The van der Waals surface area contributed by atoms with Gasteiger partial charge in [0.05, 0.1) is 21.8 Å². The number of rotatable bonds is 6. The summed E-state index contributed by atoms with van der Waals surface area (Å²) in [4.78, 5) is 21.5. The average Bonchev–Trinajstić information content (AvgIpc) is 2.35. The molecule has 1 aromatic carbocycles. The lowest BCUT2D eigenvalue weighted by Gasteiger charge is -2.06. The van der Waals surface area contributed by atoms with Gasteiger partial charge in [-0.05, 0) is 24.6 Å². The van der Waals surface area contributed by atoms with Crippen molar-refractivity contribution in [2.75, 3.05) is 5.75 Å². The zero-order valence-electron chi connectivity index (χ0n) is 10.3. The minimum atomic E-state index is -3.66. The van der Waals surface area contributed by atoms with Gasteiger partial charge in [0.2, 0.25) is 0 Å². The van der Waals surface area contributed by atoms with Crippen LogP contribution in [-0.4, -0.2) is 36.3 Å². The summed E-state index contributed by atoms with van der Waals surface area (Å²) < 4.78 is 23.9. The maximum Gasteiger partial charge on any atom is 0.335 e. The number of carbonyl (C=O) groups is 2. The molecule has 0 aliphatic rings. The van der Waals surface area contributed by atoms with Gasteiger partial charge in [-0.1, -0.05) is 13.3 Å². The van der Waals surface area contributed by atoms with Gasteiger partial charge < -0.3 is 10.2 Å². The number of hydrogen-bond donors (Lipinski definition) is 2. The summed E-state index contributed by atoms with van der Waals surface area (Å²) in [6.45, 7) is 1.83. The third-order valence-electron chi connectivity index (χ3n) is 2.53. The zero-order valence-corrected chi connectivity index (χ0v) is 11.1. The first-order valence-corrected chi connectivity index (χ1v) is 7.27. The summed E-state index contributed by atoms with van der Waals surface area (Å²) in [6.07, 6.45) is 1.10. The Morgan fingerprint density at radius 1 is 1.05 bits per heavy atom. The maximum atomic E-state index is 12.0. The van der Waals surface area contributed by atoms with Gasteiger partial charge in [0.25, 0.3) is 0 Å². The van der Waals surface area contributed by atoms with Crippen LogP contribution in [0.5, 0.6) is 0 Å². The Bertz CT molecular complexity index is 570. The van der Waals surface area contributed by atoms with Crippen LogP contribution in [0, 0.1) is 0 Å². The van der Waals surface area contributed by atoms with E-state index in [1.807, 2.05) is 6.92 Å². The number of aromatic carboxylic acids is 2. The molecule has 0 aromatic heterocycles. The smallest absolute Gasteiger partial charge is 0.335 e. The van der Waals surface area contributed by atoms with Crippen molar-refractivity contribution in [3.8, 4) is 0 Å². The summed E-state index contributed by atoms with van der Waals surface area (Å²) in [7, 11) is -3.66. The van der Waals surface area contributed by atoms with Gasteiger partial charge in [0.1, 0.15) is 0 Å². The normalized spacial score (nSPS) is 11.2. The molecular weight excluding hydrogens is 272 g/mol. The fraction of sp³-hybridized carbons (Fsp3) is 0.333. The molecule has 0 aliphatic carbocycles. The second-order valence-corrected chi connectivity index (χ2v) is 6.14. The van der Waals surface area contributed by atoms with Crippen LogP contribution in [-0.2, 0) is 9.84 Å². The van der Waals surface area contributed by atoms with E-state index in [1.165, 1.54) is 0 Å². The van der Waals surface area contributed by atoms with Crippen molar-refractivity contribution < 1.29 is 28.2 Å². The van der Waals surface area contributed by atoms with Gasteiger partial charge in [-0.15, -0.1) is 0 Å². The molecule has 1 rings (SSSR count). The van der Waals surface area contributed by atoms with Crippen molar-refractivity contribution in [3.63, 3.8) is 0 Å². The highest BCUT2D eigenvalue weighted by Gasteiger charge is 2.19. The largest absolute Gasteiger partial charge is 0.478 e. The van der Waals surface area contributed by atoms with Crippen LogP contribution in [0.3, 0.4) is 0 Å². The first-order chi connectivity index (χ1) is 8.77. The SMILES string of the molecule is CCCCS(=O)(=O)c1cc(C(=O)O)cc(C(=O)O)c1. The predicted molar refractivity (Wildman–Crippen MR) is 67.3 cm³/mol. The van der Waals surface area contributed by atoms with E-state index in [-0.39, 0.29) is 21.8 Å². The van der Waals surface area contributed by atoms with Crippen LogP contribution in [0.15, 0.2) is 23.1 Å². The first kappa shape index (κ1) is 15.2. The number of hydrogen-bond acceptors (Lipinski definition) is 4. The topological polar surface area (TPSA) is 109 Å². The molecule has 0 atom stereocenters. The highest BCUT2D eigenvalue weighted by Crippen LogP contribution is 2.18. The Labute approximate surface area is 110 Å². The van der Waals surface area contributed by atoms with Crippen molar-refractivity contribution in [3.05, 3.63) is 29.3 Å². The molecule has 0 saturated carbocycles. The molecule has 19 heavy (non-hydrogen) atoms. The minimum Gasteiger partial charge on any atom is -0.478 e. The highest BCUT2D eigenvalue weighted by molar-refractivity contribution is 7.91. The van der Waals surface area contributed by atoms with Crippen molar-refractivity contribution in [2.24, 2.45) is 0 Å². The van der Waals surface area contributed by atoms with Gasteiger partial charge in [-0.3, -0.25) is 0 Å². The number of carboxylic acids is 2. The van der Waals surface area contributed by atoms with E-state index in [4.69, 9.17) is 10.2 Å². The average molecular weight is 286 g/mol. The van der Waals surface area contributed by atoms with Gasteiger partial charge >= 0.3 is 11.9 Å². The number of carboxylic acid groups (broad SMARTS) is 2. The Balaban J connectivity index is 3.35. The van der Waals surface area contributed by atoms with E-state index in [1.54, 1.807) is 0 Å². The second-order valence-electron chi connectivity index (χ2n) is 4.03. The van der Waals surface area contributed by atoms with Gasteiger partial charge in [-0.2, -0.15) is 0 Å². The molecule has 0 radical (unpaired) electrons. The fourth-order valence-electron chi connectivity index (χ4n) is 1.48. The molecule has 6 nitrogen and oxygen atoms in total. The molecule has 0 saturated heterocycles. The fourth-order valence-corrected chi connectivity index (χ4v) is 3.00. The van der Waals surface area contributed by atoms with Crippen LogP contribution in [0.25, 0.3) is 0 Å². The Morgan fingerprint density at radius 2 is 1.53 bits per heavy atom. The first-order valence-electron chi connectivity index (χ1n) is 5.62. The molecule has 0 spiro atoms. The van der Waals surface area contributed by atoms with E-state index in [9.17, 15) is 18.0 Å². The van der Waals surface area contributed by atoms with Crippen LogP contribution >= 0.6 is 0 Å². The van der Waals surface area contributed by atoms with Crippen LogP contribution in [0.1, 0.15) is 40.5 Å². The van der Waals surface area contributed by atoms with Crippen LogP contribution in [0.4, 0.5) is 0 Å². The third-order valence-corrected chi connectivity index (χ3v) is 4.31. The highest BCUT2D eigenvalue weighted by atomic mass is 32.2. The van der Waals surface area contributed by atoms with Crippen molar-refractivity contribution in [2.45, 2.75) is 24.7 Å². The zero-order chi connectivity index (χ0) is 14.6. The molecule has 0 unspecified atom stereocenters. The number of sulfone groups is 1. The van der Waals surface area contributed by atoms with Gasteiger partial charge in [0, 0.05) is 0 Å². The van der Waals surface area contributed by atoms with E-state index in [2.05, 4.69) is 0 Å². The molecule has 104 valence electrons.